The maximum absolute atomic E-state index is 5.59. The van der Waals surface area contributed by atoms with Crippen molar-refractivity contribution in [3.63, 3.8) is 0 Å². The van der Waals surface area contributed by atoms with Crippen LogP contribution in [0.15, 0.2) is 0 Å². The van der Waals surface area contributed by atoms with Gasteiger partial charge in [-0.3, -0.25) is 0 Å². The van der Waals surface area contributed by atoms with Crippen LogP contribution in [0.3, 0.4) is 0 Å². The molecule has 0 amide bonds. The summed E-state index contributed by atoms with van der Waals surface area (Å²) in [6.45, 7) is 9.65. The van der Waals surface area contributed by atoms with Crippen LogP contribution < -0.4 is 5.32 Å². The molecule has 0 aromatic heterocycles. The monoisotopic (exact) mass is 229 g/mol. The third-order valence-electron chi connectivity index (χ3n) is 2.66. The summed E-state index contributed by atoms with van der Waals surface area (Å²) in [5.74, 6) is 0. The highest BCUT2D eigenvalue weighted by Crippen LogP contribution is 2.02. The van der Waals surface area contributed by atoms with Crippen LogP contribution in [-0.2, 0) is 4.74 Å². The lowest BCUT2D eigenvalue weighted by Gasteiger charge is -2.07. The molecule has 2 nitrogen and oxygen atoms in total. The third kappa shape index (κ3) is 13.9. The SMILES string of the molecule is CCCCCCCOCCCCNC(C)C. The zero-order valence-electron chi connectivity index (χ0n) is 11.6. The van der Waals surface area contributed by atoms with Crippen LogP contribution in [0.2, 0.25) is 0 Å². The van der Waals surface area contributed by atoms with Crippen LogP contribution in [0.1, 0.15) is 65.7 Å². The van der Waals surface area contributed by atoms with Crippen molar-refractivity contribution in [3.05, 3.63) is 0 Å². The molecule has 0 spiro atoms. The molecule has 2 heteroatoms. The van der Waals surface area contributed by atoms with E-state index in [9.17, 15) is 0 Å². The molecule has 0 fully saturated rings. The van der Waals surface area contributed by atoms with Crippen molar-refractivity contribution in [1.29, 1.82) is 0 Å². The molecular weight excluding hydrogens is 198 g/mol. The van der Waals surface area contributed by atoms with E-state index in [1.165, 1.54) is 44.9 Å². The average molecular weight is 229 g/mol. The van der Waals surface area contributed by atoms with E-state index in [0.717, 1.165) is 19.8 Å². The minimum Gasteiger partial charge on any atom is -0.381 e. The van der Waals surface area contributed by atoms with Crippen LogP contribution in [0.25, 0.3) is 0 Å². The Bertz CT molecular complexity index is 126. The molecule has 0 saturated heterocycles. The number of ether oxygens (including phenoxy) is 1. The predicted molar refractivity (Wildman–Crippen MR) is 72.0 cm³/mol. The van der Waals surface area contributed by atoms with E-state index < -0.39 is 0 Å². The summed E-state index contributed by atoms with van der Waals surface area (Å²) in [5, 5.41) is 3.42. The van der Waals surface area contributed by atoms with Gasteiger partial charge in [0.25, 0.3) is 0 Å². The lowest BCUT2D eigenvalue weighted by Crippen LogP contribution is -2.23. The van der Waals surface area contributed by atoms with Crippen molar-refractivity contribution < 1.29 is 4.74 Å². The Morgan fingerprint density at radius 3 is 2.12 bits per heavy atom. The van der Waals surface area contributed by atoms with Crippen molar-refractivity contribution in [2.75, 3.05) is 19.8 Å². The number of hydrogen-bond donors (Lipinski definition) is 1. The molecule has 0 bridgehead atoms. The van der Waals surface area contributed by atoms with Gasteiger partial charge in [0.2, 0.25) is 0 Å². The molecule has 0 aromatic rings. The summed E-state index contributed by atoms with van der Waals surface area (Å²) in [4.78, 5) is 0. The molecule has 0 aliphatic rings. The second kappa shape index (κ2) is 13.0. The van der Waals surface area contributed by atoms with Gasteiger partial charge in [-0.05, 0) is 25.8 Å². The Morgan fingerprint density at radius 2 is 1.50 bits per heavy atom. The molecule has 0 aromatic carbocycles. The molecule has 0 radical (unpaired) electrons. The highest BCUT2D eigenvalue weighted by molar-refractivity contribution is 4.52. The van der Waals surface area contributed by atoms with E-state index in [1.54, 1.807) is 0 Å². The minimum atomic E-state index is 0.611. The molecule has 1 N–H and O–H groups in total. The topological polar surface area (TPSA) is 21.3 Å². The fraction of sp³-hybridized carbons (Fsp3) is 1.00. The molecule has 0 saturated carbocycles. The highest BCUT2D eigenvalue weighted by Gasteiger charge is 1.93. The normalized spacial score (nSPS) is 11.2. The van der Waals surface area contributed by atoms with Gasteiger partial charge in [0.05, 0.1) is 0 Å². The van der Waals surface area contributed by atoms with Gasteiger partial charge >= 0.3 is 0 Å². The zero-order chi connectivity index (χ0) is 12.1. The molecule has 0 atom stereocenters. The van der Waals surface area contributed by atoms with Gasteiger partial charge in [-0.1, -0.05) is 46.5 Å². The van der Waals surface area contributed by atoms with Gasteiger partial charge in [-0.15, -0.1) is 0 Å². The molecule has 0 aliphatic carbocycles. The minimum absolute atomic E-state index is 0.611. The quantitative estimate of drug-likeness (QED) is 0.515. The summed E-state index contributed by atoms with van der Waals surface area (Å²) in [7, 11) is 0. The molecule has 0 aliphatic heterocycles. The van der Waals surface area contributed by atoms with Crippen LogP contribution in [-0.4, -0.2) is 25.8 Å². The first-order chi connectivity index (χ1) is 7.77. The largest absolute Gasteiger partial charge is 0.381 e. The van der Waals surface area contributed by atoms with E-state index in [-0.39, 0.29) is 0 Å². The van der Waals surface area contributed by atoms with Gasteiger partial charge in [0.15, 0.2) is 0 Å². The number of hydrogen-bond acceptors (Lipinski definition) is 2. The second-order valence-corrected chi connectivity index (χ2v) is 4.84. The molecule has 98 valence electrons. The first-order valence-corrected chi connectivity index (χ1v) is 7.08. The van der Waals surface area contributed by atoms with Crippen LogP contribution in [0.5, 0.6) is 0 Å². The average Bonchev–Trinajstić information content (AvgIpc) is 2.25. The Morgan fingerprint density at radius 1 is 0.875 bits per heavy atom. The zero-order valence-corrected chi connectivity index (χ0v) is 11.6. The molecule has 0 heterocycles. The Hall–Kier alpha value is -0.0800. The number of rotatable bonds is 12. The van der Waals surface area contributed by atoms with Gasteiger partial charge < -0.3 is 10.1 Å². The van der Waals surface area contributed by atoms with Gasteiger partial charge in [-0.2, -0.15) is 0 Å². The first-order valence-electron chi connectivity index (χ1n) is 7.08. The lowest BCUT2D eigenvalue weighted by molar-refractivity contribution is 0.126. The maximum atomic E-state index is 5.59. The van der Waals surface area contributed by atoms with Crippen molar-refractivity contribution in [3.8, 4) is 0 Å². The van der Waals surface area contributed by atoms with E-state index in [4.69, 9.17) is 4.74 Å². The van der Waals surface area contributed by atoms with Crippen LogP contribution in [0.4, 0.5) is 0 Å². The highest BCUT2D eigenvalue weighted by atomic mass is 16.5. The Balaban J connectivity index is 2.88. The van der Waals surface area contributed by atoms with Crippen molar-refractivity contribution in [1.82, 2.24) is 5.32 Å². The van der Waals surface area contributed by atoms with Crippen LogP contribution in [0, 0.1) is 0 Å². The Labute approximate surface area is 102 Å². The van der Waals surface area contributed by atoms with Gasteiger partial charge in [-0.25, -0.2) is 0 Å². The lowest BCUT2D eigenvalue weighted by atomic mass is 10.2. The van der Waals surface area contributed by atoms with Gasteiger partial charge in [0.1, 0.15) is 0 Å². The van der Waals surface area contributed by atoms with Crippen LogP contribution >= 0.6 is 0 Å². The number of unbranched alkanes of at least 4 members (excludes halogenated alkanes) is 5. The predicted octanol–water partition coefficient (Wildman–Crippen LogP) is 3.75. The standard InChI is InChI=1S/C14H31NO/c1-4-5-6-7-9-12-16-13-10-8-11-15-14(2)3/h14-15H,4-13H2,1-3H3. The summed E-state index contributed by atoms with van der Waals surface area (Å²) < 4.78 is 5.59. The molecule has 0 rings (SSSR count). The molecular formula is C14H31NO. The molecule has 16 heavy (non-hydrogen) atoms. The summed E-state index contributed by atoms with van der Waals surface area (Å²) in [5.41, 5.74) is 0. The van der Waals surface area contributed by atoms with Gasteiger partial charge in [0, 0.05) is 19.3 Å². The molecule has 0 unspecified atom stereocenters. The maximum Gasteiger partial charge on any atom is 0.0466 e. The van der Waals surface area contributed by atoms with E-state index in [2.05, 4.69) is 26.1 Å². The van der Waals surface area contributed by atoms with Crippen molar-refractivity contribution in [2.24, 2.45) is 0 Å². The van der Waals surface area contributed by atoms with Crippen molar-refractivity contribution >= 4 is 0 Å². The van der Waals surface area contributed by atoms with E-state index in [0.29, 0.717) is 6.04 Å². The van der Waals surface area contributed by atoms with E-state index in [1.807, 2.05) is 0 Å². The number of nitrogens with one attached hydrogen (secondary N) is 1. The fourth-order valence-electron chi connectivity index (χ4n) is 1.63. The fourth-order valence-corrected chi connectivity index (χ4v) is 1.63. The van der Waals surface area contributed by atoms with Crippen molar-refractivity contribution in [2.45, 2.75) is 71.8 Å². The van der Waals surface area contributed by atoms with E-state index >= 15 is 0 Å². The second-order valence-electron chi connectivity index (χ2n) is 4.84. The summed E-state index contributed by atoms with van der Waals surface area (Å²) >= 11 is 0. The summed E-state index contributed by atoms with van der Waals surface area (Å²) in [6.07, 6.45) is 9.07. The third-order valence-corrected chi connectivity index (χ3v) is 2.66. The first kappa shape index (κ1) is 15.9. The smallest absolute Gasteiger partial charge is 0.0466 e. The summed E-state index contributed by atoms with van der Waals surface area (Å²) in [6, 6.07) is 0.611. The Kier molecular flexibility index (Phi) is 12.9.